The second kappa shape index (κ2) is 8.71. The molecule has 1 N–H and O–H groups in total. The highest BCUT2D eigenvalue weighted by Gasteiger charge is 2.30. The highest BCUT2D eigenvalue weighted by molar-refractivity contribution is 9.10. The van der Waals surface area contributed by atoms with Gasteiger partial charge in [-0.1, -0.05) is 6.07 Å². The van der Waals surface area contributed by atoms with E-state index in [1.54, 1.807) is 18.4 Å². The molecule has 7 heteroatoms. The Labute approximate surface area is 196 Å². The van der Waals surface area contributed by atoms with Gasteiger partial charge in [-0.25, -0.2) is 0 Å². The standard InChI is InChI=1S/C24H28BrN3O2S/c1-15(2)28-9-7-26-13-18-20(14-30-28)27-8-6-16-11-21(29-3)19(25)12-17(16)24(27)23(18)22-5-4-10-31-22/h4-5,10-12,15,26H,6-9,13-14H2,1-3H3. The fourth-order valence-electron chi connectivity index (χ4n) is 4.72. The molecule has 0 spiro atoms. The number of fused-ring (bicyclic) bond motifs is 5. The summed E-state index contributed by atoms with van der Waals surface area (Å²) >= 11 is 5.52. The number of rotatable bonds is 3. The zero-order chi connectivity index (χ0) is 21.5. The van der Waals surface area contributed by atoms with E-state index in [2.05, 4.69) is 74.4 Å². The molecule has 0 saturated carbocycles. The normalized spacial score (nSPS) is 16.8. The first kappa shape index (κ1) is 21.2. The topological polar surface area (TPSA) is 38.7 Å². The molecule has 2 aliphatic rings. The first-order chi connectivity index (χ1) is 15.1. The van der Waals surface area contributed by atoms with Gasteiger partial charge in [0, 0.05) is 48.2 Å². The number of halogens is 1. The minimum absolute atomic E-state index is 0.347. The van der Waals surface area contributed by atoms with Gasteiger partial charge in [0.15, 0.2) is 0 Å². The van der Waals surface area contributed by atoms with E-state index in [9.17, 15) is 0 Å². The predicted molar refractivity (Wildman–Crippen MR) is 129 cm³/mol. The second-order valence-corrected chi connectivity index (χ2v) is 10.2. The Bertz CT molecular complexity index is 1090. The van der Waals surface area contributed by atoms with Crippen LogP contribution in [-0.2, 0) is 31.0 Å². The maximum absolute atomic E-state index is 6.34. The molecule has 0 radical (unpaired) electrons. The Balaban J connectivity index is 1.72. The molecule has 0 atom stereocenters. The summed E-state index contributed by atoms with van der Waals surface area (Å²) in [5, 5.41) is 7.94. The van der Waals surface area contributed by atoms with Crippen molar-refractivity contribution in [2.45, 2.75) is 46.0 Å². The number of benzene rings is 1. The molecule has 5 rings (SSSR count). The van der Waals surface area contributed by atoms with Crippen LogP contribution in [0.15, 0.2) is 34.1 Å². The highest BCUT2D eigenvalue weighted by Crippen LogP contribution is 2.47. The molecule has 0 unspecified atom stereocenters. The number of hydrogen-bond acceptors (Lipinski definition) is 5. The molecule has 2 aromatic heterocycles. The van der Waals surface area contributed by atoms with Crippen LogP contribution in [0, 0.1) is 0 Å². The zero-order valence-corrected chi connectivity index (χ0v) is 20.6. The quantitative estimate of drug-likeness (QED) is 0.517. The van der Waals surface area contributed by atoms with E-state index in [0.29, 0.717) is 12.6 Å². The summed E-state index contributed by atoms with van der Waals surface area (Å²) in [4.78, 5) is 7.65. The van der Waals surface area contributed by atoms with Crippen LogP contribution in [0.5, 0.6) is 5.75 Å². The lowest BCUT2D eigenvalue weighted by Gasteiger charge is -2.27. The summed E-state index contributed by atoms with van der Waals surface area (Å²) < 4.78 is 9.06. The summed E-state index contributed by atoms with van der Waals surface area (Å²) in [5.41, 5.74) is 7.92. The van der Waals surface area contributed by atoms with E-state index in [4.69, 9.17) is 9.57 Å². The molecular weight excluding hydrogens is 474 g/mol. The van der Waals surface area contributed by atoms with Gasteiger partial charge in [-0.15, -0.1) is 11.3 Å². The Morgan fingerprint density at radius 1 is 1.26 bits per heavy atom. The lowest BCUT2D eigenvalue weighted by atomic mass is 9.94. The van der Waals surface area contributed by atoms with Gasteiger partial charge in [0.1, 0.15) is 12.4 Å². The number of nitrogens with one attached hydrogen (secondary N) is 1. The van der Waals surface area contributed by atoms with Crippen LogP contribution in [-0.4, -0.2) is 35.9 Å². The first-order valence-electron chi connectivity index (χ1n) is 10.8. The minimum Gasteiger partial charge on any atom is -0.496 e. The molecule has 2 aliphatic heterocycles. The fraction of sp³-hybridized carbons (Fsp3) is 0.417. The van der Waals surface area contributed by atoms with Crippen molar-refractivity contribution >= 4 is 27.3 Å². The van der Waals surface area contributed by atoms with E-state index in [1.165, 1.54) is 38.5 Å². The van der Waals surface area contributed by atoms with Gasteiger partial charge in [0.2, 0.25) is 0 Å². The van der Waals surface area contributed by atoms with E-state index < -0.39 is 0 Å². The molecule has 0 bridgehead atoms. The fourth-order valence-corrected chi connectivity index (χ4v) is 6.02. The molecule has 164 valence electrons. The summed E-state index contributed by atoms with van der Waals surface area (Å²) in [6.45, 7) is 8.56. The van der Waals surface area contributed by atoms with Crippen molar-refractivity contribution in [2.75, 3.05) is 20.2 Å². The molecule has 0 aliphatic carbocycles. The molecule has 3 aromatic rings. The highest BCUT2D eigenvalue weighted by atomic mass is 79.9. The van der Waals surface area contributed by atoms with Gasteiger partial charge < -0.3 is 14.6 Å². The Kier molecular flexibility index (Phi) is 5.96. The maximum Gasteiger partial charge on any atom is 0.133 e. The van der Waals surface area contributed by atoms with Crippen LogP contribution in [0.4, 0.5) is 0 Å². The molecule has 5 nitrogen and oxygen atoms in total. The third-order valence-corrected chi connectivity index (χ3v) is 7.75. The first-order valence-corrected chi connectivity index (χ1v) is 12.5. The average Bonchev–Trinajstić information content (AvgIpc) is 3.39. The van der Waals surface area contributed by atoms with Crippen molar-refractivity contribution in [3.05, 3.63) is 50.9 Å². The number of aromatic nitrogens is 1. The lowest BCUT2D eigenvalue weighted by molar-refractivity contribution is -0.189. The molecule has 4 heterocycles. The molecule has 0 amide bonds. The van der Waals surface area contributed by atoms with Crippen LogP contribution in [0.3, 0.4) is 0 Å². The summed E-state index contributed by atoms with van der Waals surface area (Å²) in [6.07, 6.45) is 0.984. The van der Waals surface area contributed by atoms with E-state index in [1.807, 2.05) is 0 Å². The largest absolute Gasteiger partial charge is 0.496 e. The lowest BCUT2D eigenvalue weighted by Crippen LogP contribution is -2.36. The Hall–Kier alpha value is -1.64. The van der Waals surface area contributed by atoms with Gasteiger partial charge in [-0.3, -0.25) is 4.84 Å². The molecule has 0 fully saturated rings. The number of thiophene rings is 1. The SMILES string of the molecule is COc1cc2c(cc1Br)-c1c(-c3cccs3)c3c(n1CC2)CON(C(C)C)CCNC3. The number of methoxy groups -OCH3 is 1. The van der Waals surface area contributed by atoms with Crippen LogP contribution in [0.1, 0.15) is 30.7 Å². The third-order valence-electron chi connectivity index (χ3n) is 6.24. The summed E-state index contributed by atoms with van der Waals surface area (Å²) in [5.74, 6) is 0.892. The van der Waals surface area contributed by atoms with Crippen molar-refractivity contribution in [1.29, 1.82) is 0 Å². The van der Waals surface area contributed by atoms with Gasteiger partial charge in [0.25, 0.3) is 0 Å². The van der Waals surface area contributed by atoms with Gasteiger partial charge in [-0.2, -0.15) is 5.06 Å². The van der Waals surface area contributed by atoms with E-state index >= 15 is 0 Å². The average molecular weight is 502 g/mol. The minimum atomic E-state index is 0.347. The summed E-state index contributed by atoms with van der Waals surface area (Å²) in [7, 11) is 1.73. The molecule has 31 heavy (non-hydrogen) atoms. The number of ether oxygens (including phenoxy) is 1. The van der Waals surface area contributed by atoms with Crippen molar-refractivity contribution in [2.24, 2.45) is 0 Å². The smallest absolute Gasteiger partial charge is 0.133 e. The number of aryl methyl sites for hydroxylation is 1. The van der Waals surface area contributed by atoms with Crippen LogP contribution >= 0.6 is 27.3 Å². The summed E-state index contributed by atoms with van der Waals surface area (Å²) in [6, 6.07) is 9.14. The number of hydroxylamine groups is 2. The van der Waals surface area contributed by atoms with E-state index in [0.717, 1.165) is 42.8 Å². The number of nitrogens with zero attached hydrogens (tertiary/aromatic N) is 2. The molecular formula is C24H28BrN3O2S. The molecule has 1 aromatic carbocycles. The van der Waals surface area contributed by atoms with Crippen molar-refractivity contribution in [3.63, 3.8) is 0 Å². The molecule has 0 saturated heterocycles. The monoisotopic (exact) mass is 501 g/mol. The second-order valence-electron chi connectivity index (χ2n) is 8.36. The van der Waals surface area contributed by atoms with Gasteiger partial charge in [-0.05, 0) is 70.9 Å². The van der Waals surface area contributed by atoms with Crippen molar-refractivity contribution in [3.8, 4) is 27.4 Å². The zero-order valence-electron chi connectivity index (χ0n) is 18.2. The van der Waals surface area contributed by atoms with Crippen LogP contribution < -0.4 is 10.1 Å². The van der Waals surface area contributed by atoms with Crippen LogP contribution in [0.2, 0.25) is 0 Å². The Morgan fingerprint density at radius 2 is 2.13 bits per heavy atom. The van der Waals surface area contributed by atoms with Crippen LogP contribution in [0.25, 0.3) is 21.7 Å². The van der Waals surface area contributed by atoms with Gasteiger partial charge >= 0.3 is 0 Å². The van der Waals surface area contributed by atoms with Gasteiger partial charge in [0.05, 0.1) is 23.0 Å². The number of hydrogen-bond donors (Lipinski definition) is 1. The van der Waals surface area contributed by atoms with E-state index in [-0.39, 0.29) is 0 Å². The van der Waals surface area contributed by atoms with Crippen molar-refractivity contribution in [1.82, 2.24) is 14.9 Å². The third kappa shape index (κ3) is 3.76. The predicted octanol–water partition coefficient (Wildman–Crippen LogP) is 5.46. The van der Waals surface area contributed by atoms with Crippen molar-refractivity contribution < 1.29 is 9.57 Å². The maximum atomic E-state index is 6.34. The Morgan fingerprint density at radius 3 is 2.87 bits per heavy atom.